The summed E-state index contributed by atoms with van der Waals surface area (Å²) in [6, 6.07) is 14.7. The van der Waals surface area contributed by atoms with Gasteiger partial charge in [0.25, 0.3) is 5.91 Å². The molecule has 0 aliphatic carbocycles. The molecule has 0 aliphatic heterocycles. The summed E-state index contributed by atoms with van der Waals surface area (Å²) in [7, 11) is 0. The number of halogens is 1. The molecule has 0 aliphatic rings. The van der Waals surface area contributed by atoms with Gasteiger partial charge >= 0.3 is 5.97 Å². The third-order valence-corrected chi connectivity index (χ3v) is 3.74. The van der Waals surface area contributed by atoms with Crippen molar-refractivity contribution in [1.29, 1.82) is 5.26 Å². The summed E-state index contributed by atoms with van der Waals surface area (Å²) in [5, 5.41) is 11.4. The van der Waals surface area contributed by atoms with Crippen molar-refractivity contribution in [2.45, 2.75) is 19.4 Å². The molecule has 0 saturated heterocycles. The second-order valence-corrected chi connectivity index (χ2v) is 5.81. The predicted molar refractivity (Wildman–Crippen MR) is 98.9 cm³/mol. The van der Waals surface area contributed by atoms with Crippen molar-refractivity contribution in [1.82, 2.24) is 5.32 Å². The van der Waals surface area contributed by atoms with E-state index in [-0.39, 0.29) is 5.82 Å². The Balaban J connectivity index is 1.75. The van der Waals surface area contributed by atoms with Gasteiger partial charge < -0.3 is 10.1 Å². The van der Waals surface area contributed by atoms with Crippen LogP contribution in [-0.4, -0.2) is 24.5 Å². The number of nitrogens with zero attached hydrogens (tertiary/aromatic N) is 1. The van der Waals surface area contributed by atoms with Crippen LogP contribution in [0.25, 0.3) is 6.08 Å². The summed E-state index contributed by atoms with van der Waals surface area (Å²) in [4.78, 5) is 23.8. The van der Waals surface area contributed by atoms with E-state index < -0.39 is 18.0 Å². The highest BCUT2D eigenvalue weighted by molar-refractivity contribution is 5.90. The molecule has 0 unspecified atom stereocenters. The highest BCUT2D eigenvalue weighted by Crippen LogP contribution is 2.06. The molecule has 138 valence electrons. The molecule has 27 heavy (non-hydrogen) atoms. The lowest BCUT2D eigenvalue weighted by Crippen LogP contribution is -2.36. The first-order chi connectivity index (χ1) is 13.0. The monoisotopic (exact) mass is 366 g/mol. The van der Waals surface area contributed by atoms with E-state index in [9.17, 15) is 14.0 Å². The minimum Gasteiger partial charge on any atom is -0.449 e. The Morgan fingerprint density at radius 2 is 1.85 bits per heavy atom. The summed E-state index contributed by atoms with van der Waals surface area (Å²) in [5.41, 5.74) is 2.16. The molecule has 1 N–H and O–H groups in total. The van der Waals surface area contributed by atoms with Gasteiger partial charge in [0.2, 0.25) is 0 Å². The topological polar surface area (TPSA) is 79.2 Å². The summed E-state index contributed by atoms with van der Waals surface area (Å²) in [6.07, 6.45) is 2.38. The number of hydrogen-bond donors (Lipinski definition) is 1. The maximum absolute atomic E-state index is 12.8. The molecule has 2 aromatic carbocycles. The van der Waals surface area contributed by atoms with E-state index in [1.807, 2.05) is 6.07 Å². The summed E-state index contributed by atoms with van der Waals surface area (Å²) < 4.78 is 17.9. The van der Waals surface area contributed by atoms with Gasteiger partial charge in [-0.2, -0.15) is 5.26 Å². The molecule has 1 atom stereocenters. The standard InChI is InChI=1S/C21H19FN2O3/c1-15(21(26)24-13-12-17-6-9-19(22)10-7-17)27-20(25)11-8-16-2-4-18(14-23)5-3-16/h2-11,15H,12-13H2,1H3,(H,24,26)/b11-8+/t15-/m0/s1. The molecule has 0 radical (unpaired) electrons. The fraction of sp³-hybridized carbons (Fsp3) is 0.190. The first-order valence-corrected chi connectivity index (χ1v) is 8.39. The molecular weight excluding hydrogens is 347 g/mol. The van der Waals surface area contributed by atoms with Crippen molar-refractivity contribution < 1.29 is 18.7 Å². The Morgan fingerprint density at radius 1 is 1.19 bits per heavy atom. The molecule has 6 heteroatoms. The number of nitriles is 1. The highest BCUT2D eigenvalue weighted by atomic mass is 19.1. The van der Waals surface area contributed by atoms with Crippen molar-refractivity contribution in [3.05, 3.63) is 77.1 Å². The van der Waals surface area contributed by atoms with Crippen molar-refractivity contribution >= 4 is 18.0 Å². The highest BCUT2D eigenvalue weighted by Gasteiger charge is 2.15. The second kappa shape index (κ2) is 9.88. The maximum Gasteiger partial charge on any atom is 0.331 e. The predicted octanol–water partition coefficient (Wildman–Crippen LogP) is 3.00. The van der Waals surface area contributed by atoms with E-state index >= 15 is 0 Å². The third-order valence-electron chi connectivity index (χ3n) is 3.74. The number of ether oxygens (including phenoxy) is 1. The average Bonchev–Trinajstić information content (AvgIpc) is 2.68. The lowest BCUT2D eigenvalue weighted by Gasteiger charge is -2.12. The number of nitrogens with one attached hydrogen (secondary N) is 1. The van der Waals surface area contributed by atoms with Crippen LogP contribution in [0.4, 0.5) is 4.39 Å². The Morgan fingerprint density at radius 3 is 2.48 bits per heavy atom. The lowest BCUT2D eigenvalue weighted by molar-refractivity contribution is -0.150. The normalized spacial score (nSPS) is 11.6. The zero-order valence-corrected chi connectivity index (χ0v) is 14.8. The van der Waals surface area contributed by atoms with Gasteiger partial charge in [-0.05, 0) is 54.8 Å². The van der Waals surface area contributed by atoms with E-state index in [1.54, 1.807) is 42.5 Å². The van der Waals surface area contributed by atoms with Crippen LogP contribution in [0.5, 0.6) is 0 Å². The molecule has 0 saturated carbocycles. The quantitative estimate of drug-likeness (QED) is 0.603. The Hall–Kier alpha value is -3.46. The van der Waals surface area contributed by atoms with E-state index in [0.29, 0.717) is 18.5 Å². The van der Waals surface area contributed by atoms with Gasteiger partial charge in [-0.3, -0.25) is 4.79 Å². The van der Waals surface area contributed by atoms with Crippen LogP contribution in [-0.2, 0) is 20.7 Å². The fourth-order valence-corrected chi connectivity index (χ4v) is 2.22. The SMILES string of the molecule is C[C@H](OC(=O)/C=C/c1ccc(C#N)cc1)C(=O)NCCc1ccc(F)cc1. The number of amides is 1. The maximum atomic E-state index is 12.8. The molecule has 0 bridgehead atoms. The van der Waals surface area contributed by atoms with Gasteiger partial charge in [0.15, 0.2) is 6.10 Å². The lowest BCUT2D eigenvalue weighted by atomic mass is 10.1. The van der Waals surface area contributed by atoms with Crippen molar-refractivity contribution in [3.63, 3.8) is 0 Å². The van der Waals surface area contributed by atoms with Gasteiger partial charge in [0.1, 0.15) is 5.82 Å². The molecule has 5 nitrogen and oxygen atoms in total. The van der Waals surface area contributed by atoms with Crippen LogP contribution < -0.4 is 5.32 Å². The molecule has 2 rings (SSSR count). The van der Waals surface area contributed by atoms with Crippen LogP contribution in [0, 0.1) is 17.1 Å². The van der Waals surface area contributed by atoms with E-state index in [2.05, 4.69) is 5.32 Å². The number of hydrogen-bond acceptors (Lipinski definition) is 4. The van der Waals surface area contributed by atoms with E-state index in [4.69, 9.17) is 10.00 Å². The Labute approximate surface area is 157 Å². The Kier molecular flexibility index (Phi) is 7.26. The van der Waals surface area contributed by atoms with Crippen molar-refractivity contribution in [3.8, 4) is 6.07 Å². The van der Waals surface area contributed by atoms with Crippen LogP contribution in [0.3, 0.4) is 0 Å². The van der Waals surface area contributed by atoms with Crippen molar-refractivity contribution in [2.24, 2.45) is 0 Å². The fourth-order valence-electron chi connectivity index (χ4n) is 2.22. The summed E-state index contributed by atoms with van der Waals surface area (Å²) in [6.45, 7) is 1.84. The molecule has 0 aromatic heterocycles. The summed E-state index contributed by atoms with van der Waals surface area (Å²) in [5.74, 6) is -1.35. The smallest absolute Gasteiger partial charge is 0.331 e. The van der Waals surface area contributed by atoms with E-state index in [1.165, 1.54) is 25.1 Å². The zero-order chi connectivity index (χ0) is 19.6. The van der Waals surface area contributed by atoms with Gasteiger partial charge in [-0.15, -0.1) is 0 Å². The molecule has 0 spiro atoms. The van der Waals surface area contributed by atoms with Crippen molar-refractivity contribution in [2.75, 3.05) is 6.54 Å². The zero-order valence-electron chi connectivity index (χ0n) is 14.8. The first-order valence-electron chi connectivity index (χ1n) is 8.39. The van der Waals surface area contributed by atoms with Gasteiger partial charge in [-0.25, -0.2) is 9.18 Å². The van der Waals surface area contributed by atoms with Crippen LogP contribution >= 0.6 is 0 Å². The van der Waals surface area contributed by atoms with Crippen LogP contribution in [0.2, 0.25) is 0 Å². The van der Waals surface area contributed by atoms with Gasteiger partial charge in [-0.1, -0.05) is 24.3 Å². The summed E-state index contributed by atoms with van der Waals surface area (Å²) >= 11 is 0. The molecule has 2 aromatic rings. The minimum atomic E-state index is -0.934. The van der Waals surface area contributed by atoms with Crippen LogP contribution in [0.15, 0.2) is 54.6 Å². The first kappa shape index (κ1) is 19.9. The Bertz CT molecular complexity index is 852. The largest absolute Gasteiger partial charge is 0.449 e. The van der Waals surface area contributed by atoms with Gasteiger partial charge in [0, 0.05) is 12.6 Å². The van der Waals surface area contributed by atoms with Crippen LogP contribution in [0.1, 0.15) is 23.6 Å². The van der Waals surface area contributed by atoms with E-state index in [0.717, 1.165) is 11.1 Å². The number of benzene rings is 2. The minimum absolute atomic E-state index is 0.308. The molecule has 0 heterocycles. The number of carbonyl (C=O) groups is 2. The number of rotatable bonds is 7. The molecule has 1 amide bonds. The average molecular weight is 366 g/mol. The molecular formula is C21H19FN2O3. The molecule has 0 fully saturated rings. The number of esters is 1. The van der Waals surface area contributed by atoms with Gasteiger partial charge in [0.05, 0.1) is 11.6 Å². The second-order valence-electron chi connectivity index (χ2n) is 5.81. The number of carbonyl (C=O) groups excluding carboxylic acids is 2. The third kappa shape index (κ3) is 6.75.